The number of carbonyl (C=O) groups is 1. The van der Waals surface area contributed by atoms with E-state index in [9.17, 15) is 4.79 Å². The lowest BCUT2D eigenvalue weighted by Crippen LogP contribution is -2.30. The van der Waals surface area contributed by atoms with Gasteiger partial charge in [-0.05, 0) is 37.0 Å². The Morgan fingerprint density at radius 2 is 2.28 bits per heavy atom. The maximum atomic E-state index is 12.7. The van der Waals surface area contributed by atoms with Gasteiger partial charge in [0.05, 0.1) is 13.2 Å². The first-order chi connectivity index (χ1) is 12.2. The molecule has 1 atom stereocenters. The van der Waals surface area contributed by atoms with Crippen LogP contribution in [0.15, 0.2) is 28.8 Å². The molecule has 6 nitrogen and oxygen atoms in total. The van der Waals surface area contributed by atoms with E-state index in [-0.39, 0.29) is 11.9 Å². The van der Waals surface area contributed by atoms with Crippen molar-refractivity contribution in [3.05, 3.63) is 41.5 Å². The molecule has 1 amide bonds. The molecule has 1 aliphatic rings. The van der Waals surface area contributed by atoms with Gasteiger partial charge in [0.15, 0.2) is 5.82 Å². The van der Waals surface area contributed by atoms with Gasteiger partial charge in [0.1, 0.15) is 5.75 Å². The van der Waals surface area contributed by atoms with Crippen molar-refractivity contribution in [3.8, 4) is 5.75 Å². The summed E-state index contributed by atoms with van der Waals surface area (Å²) in [7, 11) is 1.66. The molecule has 0 N–H and O–H groups in total. The number of hydrogen-bond acceptors (Lipinski definition) is 5. The molecule has 2 aromatic rings. The van der Waals surface area contributed by atoms with Gasteiger partial charge in [-0.15, -0.1) is 0 Å². The van der Waals surface area contributed by atoms with Crippen LogP contribution in [0.1, 0.15) is 55.9 Å². The number of carbonyl (C=O) groups excluding carboxylic acids is 1. The van der Waals surface area contributed by atoms with Crippen molar-refractivity contribution < 1.29 is 14.1 Å². The van der Waals surface area contributed by atoms with E-state index in [1.807, 2.05) is 23.1 Å². The summed E-state index contributed by atoms with van der Waals surface area (Å²) in [6.45, 7) is 2.87. The molecule has 134 valence electrons. The predicted molar refractivity (Wildman–Crippen MR) is 93.3 cm³/mol. The van der Waals surface area contributed by atoms with Crippen LogP contribution in [0, 0.1) is 0 Å². The lowest BCUT2D eigenvalue weighted by molar-refractivity contribution is -0.132. The number of rotatable bonds is 7. The largest absolute Gasteiger partial charge is 0.497 e. The number of amides is 1. The molecule has 1 aromatic carbocycles. The molecule has 2 heterocycles. The quantitative estimate of drug-likeness (QED) is 0.771. The van der Waals surface area contributed by atoms with Crippen molar-refractivity contribution >= 4 is 5.91 Å². The van der Waals surface area contributed by atoms with Crippen LogP contribution in [-0.2, 0) is 17.6 Å². The maximum absolute atomic E-state index is 12.7. The monoisotopic (exact) mass is 343 g/mol. The second kappa shape index (κ2) is 8.14. The van der Waals surface area contributed by atoms with Crippen molar-refractivity contribution in [2.45, 2.75) is 51.5 Å². The highest BCUT2D eigenvalue weighted by atomic mass is 16.5. The number of aromatic nitrogens is 2. The zero-order chi connectivity index (χ0) is 17.6. The second-order valence-corrected chi connectivity index (χ2v) is 6.38. The Balaban J connectivity index is 1.62. The minimum absolute atomic E-state index is 0.126. The van der Waals surface area contributed by atoms with Gasteiger partial charge in [-0.25, -0.2) is 0 Å². The Labute approximate surface area is 148 Å². The van der Waals surface area contributed by atoms with Gasteiger partial charge < -0.3 is 14.2 Å². The number of methoxy groups -OCH3 is 1. The van der Waals surface area contributed by atoms with Crippen LogP contribution in [0.5, 0.6) is 5.75 Å². The second-order valence-electron chi connectivity index (χ2n) is 6.38. The number of benzene rings is 1. The van der Waals surface area contributed by atoms with Crippen molar-refractivity contribution in [2.24, 2.45) is 0 Å². The fourth-order valence-electron chi connectivity index (χ4n) is 3.33. The summed E-state index contributed by atoms with van der Waals surface area (Å²) in [6.07, 6.45) is 4.69. The summed E-state index contributed by atoms with van der Waals surface area (Å²) in [5, 5.41) is 3.94. The molecular weight excluding hydrogens is 318 g/mol. The van der Waals surface area contributed by atoms with Crippen LogP contribution in [0.4, 0.5) is 0 Å². The molecule has 1 aromatic heterocycles. The SMILES string of the molecule is CCCc1noc(CCC(=O)N2CCC[C@@H]2c2cccc(OC)c2)n1. The maximum Gasteiger partial charge on any atom is 0.227 e. The molecule has 6 heteroatoms. The van der Waals surface area contributed by atoms with Crippen LogP contribution >= 0.6 is 0 Å². The fraction of sp³-hybridized carbons (Fsp3) is 0.526. The standard InChI is InChI=1S/C19H25N3O3/c1-3-6-17-20-18(25-21-17)10-11-19(23)22-12-5-9-16(22)14-7-4-8-15(13-14)24-2/h4,7-8,13,16H,3,5-6,9-12H2,1-2H3/t16-/m1/s1. The zero-order valence-corrected chi connectivity index (χ0v) is 14.9. The minimum Gasteiger partial charge on any atom is -0.497 e. The van der Waals surface area contributed by atoms with Crippen molar-refractivity contribution in [3.63, 3.8) is 0 Å². The molecule has 1 fully saturated rings. The summed E-state index contributed by atoms with van der Waals surface area (Å²) in [5.41, 5.74) is 1.13. The number of nitrogens with zero attached hydrogens (tertiary/aromatic N) is 3. The van der Waals surface area contributed by atoms with E-state index >= 15 is 0 Å². The van der Waals surface area contributed by atoms with Crippen LogP contribution in [-0.4, -0.2) is 34.6 Å². The molecule has 1 saturated heterocycles. The normalized spacial score (nSPS) is 17.0. The van der Waals surface area contributed by atoms with Crippen LogP contribution in [0.2, 0.25) is 0 Å². The van der Waals surface area contributed by atoms with E-state index in [0.29, 0.717) is 18.7 Å². The van der Waals surface area contributed by atoms with Crippen LogP contribution in [0.3, 0.4) is 0 Å². The predicted octanol–water partition coefficient (Wildman–Crippen LogP) is 3.33. The van der Waals surface area contributed by atoms with Crippen LogP contribution < -0.4 is 4.74 Å². The number of ether oxygens (including phenoxy) is 1. The Morgan fingerprint density at radius 1 is 1.40 bits per heavy atom. The third-order valence-electron chi connectivity index (χ3n) is 4.59. The molecule has 3 rings (SSSR count). The molecule has 25 heavy (non-hydrogen) atoms. The summed E-state index contributed by atoms with van der Waals surface area (Å²) in [4.78, 5) is 19.0. The molecule has 0 saturated carbocycles. The number of aryl methyl sites for hydroxylation is 2. The lowest BCUT2D eigenvalue weighted by Gasteiger charge is -2.25. The van der Waals surface area contributed by atoms with E-state index in [4.69, 9.17) is 9.26 Å². The first-order valence-corrected chi connectivity index (χ1v) is 8.96. The van der Waals surface area contributed by atoms with Gasteiger partial charge in [-0.2, -0.15) is 4.98 Å². The van der Waals surface area contributed by atoms with Gasteiger partial charge in [0, 0.05) is 25.8 Å². The van der Waals surface area contributed by atoms with E-state index in [2.05, 4.69) is 23.1 Å². The van der Waals surface area contributed by atoms with E-state index in [1.54, 1.807) is 7.11 Å². The topological polar surface area (TPSA) is 68.5 Å². The van der Waals surface area contributed by atoms with Gasteiger partial charge in [-0.3, -0.25) is 4.79 Å². The summed E-state index contributed by atoms with van der Waals surface area (Å²) in [6, 6.07) is 8.11. The van der Waals surface area contributed by atoms with Crippen LogP contribution in [0.25, 0.3) is 0 Å². The van der Waals surface area contributed by atoms with E-state index in [0.717, 1.165) is 49.4 Å². The highest BCUT2D eigenvalue weighted by Crippen LogP contribution is 2.33. The molecule has 1 aliphatic heterocycles. The number of likely N-dealkylation sites (tertiary alicyclic amines) is 1. The van der Waals surface area contributed by atoms with Crippen molar-refractivity contribution in [1.29, 1.82) is 0 Å². The lowest BCUT2D eigenvalue weighted by atomic mass is 10.0. The highest BCUT2D eigenvalue weighted by molar-refractivity contribution is 5.77. The summed E-state index contributed by atoms with van der Waals surface area (Å²) in [5.74, 6) is 2.24. The molecule has 0 radical (unpaired) electrons. The Bertz CT molecular complexity index is 713. The minimum atomic E-state index is 0.126. The molecule has 0 aliphatic carbocycles. The third kappa shape index (κ3) is 4.18. The molecule has 0 unspecified atom stereocenters. The van der Waals surface area contributed by atoms with Crippen molar-refractivity contribution in [2.75, 3.05) is 13.7 Å². The van der Waals surface area contributed by atoms with E-state index in [1.165, 1.54) is 0 Å². The zero-order valence-electron chi connectivity index (χ0n) is 14.9. The van der Waals surface area contributed by atoms with Gasteiger partial charge in [0.25, 0.3) is 0 Å². The smallest absolute Gasteiger partial charge is 0.227 e. The molecule has 0 spiro atoms. The Morgan fingerprint density at radius 3 is 3.08 bits per heavy atom. The van der Waals surface area contributed by atoms with Crippen molar-refractivity contribution in [1.82, 2.24) is 15.0 Å². The average molecular weight is 343 g/mol. The van der Waals surface area contributed by atoms with E-state index < -0.39 is 0 Å². The van der Waals surface area contributed by atoms with Gasteiger partial charge in [0.2, 0.25) is 11.8 Å². The Hall–Kier alpha value is -2.37. The van der Waals surface area contributed by atoms with Gasteiger partial charge in [-0.1, -0.05) is 24.2 Å². The average Bonchev–Trinajstić information content (AvgIpc) is 3.29. The summed E-state index contributed by atoms with van der Waals surface area (Å²) < 4.78 is 10.5. The first-order valence-electron chi connectivity index (χ1n) is 8.96. The summed E-state index contributed by atoms with van der Waals surface area (Å²) >= 11 is 0. The third-order valence-corrected chi connectivity index (χ3v) is 4.59. The molecule has 0 bridgehead atoms. The Kier molecular flexibility index (Phi) is 5.68. The fourth-order valence-corrected chi connectivity index (χ4v) is 3.33. The molecular formula is C19H25N3O3. The highest BCUT2D eigenvalue weighted by Gasteiger charge is 2.30. The number of hydrogen-bond donors (Lipinski definition) is 0. The van der Waals surface area contributed by atoms with Gasteiger partial charge >= 0.3 is 0 Å². The first kappa shape index (κ1) is 17.5.